The van der Waals surface area contributed by atoms with Crippen LogP contribution < -0.4 is 5.32 Å². The standard InChI is InChI=1S/C11H15BrN2OS/c12-9-6-11(16-8-9)10(15)7-14-4-1-2-13-3-5-14/h6,8,13H,1-5,7H2. The lowest BCUT2D eigenvalue weighted by Gasteiger charge is -2.17. The van der Waals surface area contributed by atoms with Gasteiger partial charge in [-0.3, -0.25) is 9.69 Å². The van der Waals surface area contributed by atoms with Gasteiger partial charge in [0.2, 0.25) is 0 Å². The minimum Gasteiger partial charge on any atom is -0.315 e. The maximum atomic E-state index is 12.0. The summed E-state index contributed by atoms with van der Waals surface area (Å²) in [7, 11) is 0. The van der Waals surface area contributed by atoms with Crippen LogP contribution in [0.1, 0.15) is 16.1 Å². The van der Waals surface area contributed by atoms with E-state index in [0.717, 1.165) is 41.9 Å². The summed E-state index contributed by atoms with van der Waals surface area (Å²) in [6.07, 6.45) is 1.13. The summed E-state index contributed by atoms with van der Waals surface area (Å²) >= 11 is 4.89. The molecular weight excluding hydrogens is 288 g/mol. The number of thiophene rings is 1. The van der Waals surface area contributed by atoms with E-state index in [1.807, 2.05) is 11.4 Å². The average molecular weight is 303 g/mol. The van der Waals surface area contributed by atoms with Crippen LogP contribution in [0.2, 0.25) is 0 Å². The van der Waals surface area contributed by atoms with Crippen LogP contribution in [0.4, 0.5) is 0 Å². The summed E-state index contributed by atoms with van der Waals surface area (Å²) in [5.41, 5.74) is 0. The summed E-state index contributed by atoms with van der Waals surface area (Å²) in [5.74, 6) is 0.234. The normalized spacial score (nSPS) is 18.3. The van der Waals surface area contributed by atoms with Gasteiger partial charge in [-0.2, -0.15) is 0 Å². The first-order chi connectivity index (χ1) is 7.75. The van der Waals surface area contributed by atoms with Gasteiger partial charge in [-0.05, 0) is 41.5 Å². The highest BCUT2D eigenvalue weighted by molar-refractivity contribution is 9.10. The molecule has 1 aromatic heterocycles. The number of hydrogen-bond donors (Lipinski definition) is 1. The van der Waals surface area contributed by atoms with E-state index in [1.165, 1.54) is 11.3 Å². The molecule has 0 spiro atoms. The van der Waals surface area contributed by atoms with Gasteiger partial charge in [0, 0.05) is 22.9 Å². The molecule has 16 heavy (non-hydrogen) atoms. The number of carbonyl (C=O) groups excluding carboxylic acids is 1. The molecule has 0 saturated carbocycles. The molecule has 3 nitrogen and oxygen atoms in total. The molecule has 1 aliphatic rings. The first kappa shape index (κ1) is 12.2. The highest BCUT2D eigenvalue weighted by Gasteiger charge is 2.15. The molecule has 0 radical (unpaired) electrons. The maximum Gasteiger partial charge on any atom is 0.186 e. The van der Waals surface area contributed by atoms with E-state index >= 15 is 0 Å². The fraction of sp³-hybridized carbons (Fsp3) is 0.545. The first-order valence-corrected chi connectivity index (χ1v) is 7.13. The predicted octanol–water partition coefficient (Wildman–Crippen LogP) is 1.99. The lowest BCUT2D eigenvalue weighted by Crippen LogP contribution is -2.32. The Labute approximate surface area is 108 Å². The fourth-order valence-electron chi connectivity index (χ4n) is 1.80. The monoisotopic (exact) mass is 302 g/mol. The Balaban J connectivity index is 1.90. The van der Waals surface area contributed by atoms with Crippen LogP contribution in [-0.2, 0) is 0 Å². The van der Waals surface area contributed by atoms with Gasteiger partial charge < -0.3 is 5.32 Å². The molecule has 0 bridgehead atoms. The van der Waals surface area contributed by atoms with Crippen LogP contribution >= 0.6 is 27.3 Å². The van der Waals surface area contributed by atoms with Crippen LogP contribution in [0, 0.1) is 0 Å². The molecule has 1 N–H and O–H groups in total. The van der Waals surface area contributed by atoms with E-state index in [1.54, 1.807) is 0 Å². The lowest BCUT2D eigenvalue weighted by atomic mass is 10.3. The Morgan fingerprint density at radius 3 is 3.12 bits per heavy atom. The van der Waals surface area contributed by atoms with Crippen molar-refractivity contribution in [3.63, 3.8) is 0 Å². The SMILES string of the molecule is O=C(CN1CCCNCC1)c1cc(Br)cs1. The number of nitrogens with one attached hydrogen (secondary N) is 1. The molecule has 0 aromatic carbocycles. The van der Waals surface area contributed by atoms with Crippen LogP contribution in [0.5, 0.6) is 0 Å². The number of rotatable bonds is 3. The summed E-state index contributed by atoms with van der Waals surface area (Å²) in [6, 6.07) is 1.91. The molecular formula is C11H15BrN2OS. The number of hydrogen-bond acceptors (Lipinski definition) is 4. The van der Waals surface area contributed by atoms with Gasteiger partial charge in [-0.25, -0.2) is 0 Å². The zero-order valence-electron chi connectivity index (χ0n) is 9.04. The molecule has 1 saturated heterocycles. The Morgan fingerprint density at radius 2 is 2.38 bits per heavy atom. The van der Waals surface area contributed by atoms with Gasteiger partial charge in [0.15, 0.2) is 5.78 Å². The highest BCUT2D eigenvalue weighted by atomic mass is 79.9. The maximum absolute atomic E-state index is 12.0. The third kappa shape index (κ3) is 3.38. The summed E-state index contributed by atoms with van der Waals surface area (Å²) in [5, 5.41) is 5.29. The number of Topliss-reactive ketones (excluding diaryl/α,β-unsaturated/α-hetero) is 1. The van der Waals surface area contributed by atoms with Crippen LogP contribution in [0.25, 0.3) is 0 Å². The van der Waals surface area contributed by atoms with Crippen molar-refractivity contribution in [2.45, 2.75) is 6.42 Å². The second kappa shape index (κ2) is 5.91. The molecule has 0 amide bonds. The summed E-state index contributed by atoms with van der Waals surface area (Å²) < 4.78 is 0.999. The topological polar surface area (TPSA) is 32.3 Å². The lowest BCUT2D eigenvalue weighted by molar-refractivity contribution is 0.0939. The molecule has 1 aromatic rings. The minimum absolute atomic E-state index is 0.234. The van der Waals surface area contributed by atoms with Crippen molar-refractivity contribution in [1.29, 1.82) is 0 Å². The van der Waals surface area contributed by atoms with Gasteiger partial charge in [0.1, 0.15) is 0 Å². The Hall–Kier alpha value is -0.230. The van der Waals surface area contributed by atoms with Crippen molar-refractivity contribution in [2.75, 3.05) is 32.7 Å². The van der Waals surface area contributed by atoms with Crippen molar-refractivity contribution >= 4 is 33.0 Å². The highest BCUT2D eigenvalue weighted by Crippen LogP contribution is 2.20. The van der Waals surface area contributed by atoms with Gasteiger partial charge >= 0.3 is 0 Å². The number of halogens is 1. The van der Waals surface area contributed by atoms with Gasteiger partial charge in [0.25, 0.3) is 0 Å². The Bertz CT molecular complexity index is 359. The molecule has 0 atom stereocenters. The van der Waals surface area contributed by atoms with Crippen LogP contribution in [0.3, 0.4) is 0 Å². The van der Waals surface area contributed by atoms with Crippen molar-refractivity contribution in [2.24, 2.45) is 0 Å². The average Bonchev–Trinajstić information content (AvgIpc) is 2.54. The zero-order chi connectivity index (χ0) is 11.4. The number of nitrogens with zero attached hydrogens (tertiary/aromatic N) is 1. The molecule has 88 valence electrons. The molecule has 5 heteroatoms. The third-order valence-corrected chi connectivity index (χ3v) is 4.37. The van der Waals surface area contributed by atoms with E-state index < -0.39 is 0 Å². The molecule has 2 heterocycles. The zero-order valence-corrected chi connectivity index (χ0v) is 11.4. The van der Waals surface area contributed by atoms with Crippen molar-refractivity contribution in [3.8, 4) is 0 Å². The fourth-order valence-corrected chi connectivity index (χ4v) is 3.16. The van der Waals surface area contributed by atoms with E-state index in [2.05, 4.69) is 26.1 Å². The second-order valence-electron chi connectivity index (χ2n) is 3.93. The smallest absolute Gasteiger partial charge is 0.186 e. The van der Waals surface area contributed by atoms with Crippen LogP contribution in [0.15, 0.2) is 15.9 Å². The molecule has 1 aliphatic heterocycles. The van der Waals surface area contributed by atoms with E-state index in [-0.39, 0.29) is 5.78 Å². The van der Waals surface area contributed by atoms with E-state index in [9.17, 15) is 4.79 Å². The van der Waals surface area contributed by atoms with Crippen molar-refractivity contribution in [1.82, 2.24) is 10.2 Å². The summed E-state index contributed by atoms with van der Waals surface area (Å²) in [4.78, 5) is 15.0. The number of carbonyl (C=O) groups is 1. The Morgan fingerprint density at radius 1 is 1.50 bits per heavy atom. The number of ketones is 1. The molecule has 1 fully saturated rings. The third-order valence-electron chi connectivity index (χ3n) is 2.64. The second-order valence-corrected chi connectivity index (χ2v) is 5.76. The van der Waals surface area contributed by atoms with Gasteiger partial charge in [-0.1, -0.05) is 0 Å². The van der Waals surface area contributed by atoms with Gasteiger partial charge in [-0.15, -0.1) is 11.3 Å². The van der Waals surface area contributed by atoms with Crippen molar-refractivity contribution in [3.05, 3.63) is 20.8 Å². The first-order valence-electron chi connectivity index (χ1n) is 5.46. The molecule has 0 unspecified atom stereocenters. The minimum atomic E-state index is 0.234. The Kier molecular flexibility index (Phi) is 4.52. The van der Waals surface area contributed by atoms with Crippen molar-refractivity contribution < 1.29 is 4.79 Å². The van der Waals surface area contributed by atoms with E-state index in [4.69, 9.17) is 0 Å². The molecule has 0 aliphatic carbocycles. The predicted molar refractivity (Wildman–Crippen MR) is 70.3 cm³/mol. The quantitative estimate of drug-likeness (QED) is 0.867. The van der Waals surface area contributed by atoms with Gasteiger partial charge in [0.05, 0.1) is 11.4 Å². The molecule has 2 rings (SSSR count). The van der Waals surface area contributed by atoms with Crippen LogP contribution in [-0.4, -0.2) is 43.4 Å². The van der Waals surface area contributed by atoms with E-state index in [0.29, 0.717) is 6.54 Å². The summed E-state index contributed by atoms with van der Waals surface area (Å²) in [6.45, 7) is 4.59. The largest absolute Gasteiger partial charge is 0.315 e.